The molecule has 0 fully saturated rings. The van der Waals surface area contributed by atoms with Gasteiger partial charge in [0.1, 0.15) is 0 Å². The normalized spacial score (nSPS) is 15.5. The Bertz CT molecular complexity index is 395. The van der Waals surface area contributed by atoms with Crippen molar-refractivity contribution in [2.75, 3.05) is 0 Å². The number of pyridine rings is 1. The summed E-state index contributed by atoms with van der Waals surface area (Å²) in [7, 11) is 0. The van der Waals surface area contributed by atoms with E-state index >= 15 is 0 Å². The van der Waals surface area contributed by atoms with Crippen LogP contribution >= 0.6 is 0 Å². The van der Waals surface area contributed by atoms with Crippen LogP contribution in [0.5, 0.6) is 0 Å². The van der Waals surface area contributed by atoms with Gasteiger partial charge >= 0.3 is 0 Å². The van der Waals surface area contributed by atoms with Crippen molar-refractivity contribution in [1.82, 2.24) is 4.98 Å². The van der Waals surface area contributed by atoms with E-state index in [0.29, 0.717) is 0 Å². The zero-order valence-electron chi connectivity index (χ0n) is 7.16. The third-order valence-corrected chi connectivity index (χ3v) is 1.94. The summed E-state index contributed by atoms with van der Waals surface area (Å²) < 4.78 is 0. The van der Waals surface area contributed by atoms with Gasteiger partial charge in [0, 0.05) is 24.0 Å². The molecule has 3 nitrogen and oxygen atoms in total. The van der Waals surface area contributed by atoms with E-state index in [9.17, 15) is 4.79 Å². The molecule has 0 saturated carbocycles. The standard InChI is InChI=1S/C10H10N2O/c13-10-5-4-8(7-12-10)9-3-1-2-6-11-9/h3-7H,1-2H2,(H,12,13). The molecule has 0 unspecified atom stereocenters. The first-order chi connectivity index (χ1) is 6.36. The summed E-state index contributed by atoms with van der Waals surface area (Å²) in [6, 6.07) is 3.30. The highest BCUT2D eigenvalue weighted by atomic mass is 16.1. The lowest BCUT2D eigenvalue weighted by atomic mass is 10.1. The second-order valence-electron chi connectivity index (χ2n) is 2.92. The lowest BCUT2D eigenvalue weighted by Gasteiger charge is -2.04. The minimum Gasteiger partial charge on any atom is -0.328 e. The molecular formula is C10H10N2O. The van der Waals surface area contributed by atoms with E-state index < -0.39 is 0 Å². The third kappa shape index (κ3) is 1.75. The number of aromatic amines is 1. The zero-order chi connectivity index (χ0) is 9.10. The monoisotopic (exact) mass is 174 g/mol. The van der Waals surface area contributed by atoms with Crippen LogP contribution in [0.25, 0.3) is 5.70 Å². The molecule has 1 aliphatic heterocycles. The Labute approximate surface area is 75.8 Å². The molecule has 1 aliphatic rings. The van der Waals surface area contributed by atoms with Gasteiger partial charge in [0.2, 0.25) is 5.56 Å². The molecule has 66 valence electrons. The fraction of sp³-hybridized carbons (Fsp3) is 0.200. The number of nitrogens with one attached hydrogen (secondary N) is 1. The number of nitrogens with zero attached hydrogens (tertiary/aromatic N) is 1. The molecule has 13 heavy (non-hydrogen) atoms. The summed E-state index contributed by atoms with van der Waals surface area (Å²) >= 11 is 0. The second kappa shape index (κ2) is 3.39. The SMILES string of the molecule is O=c1ccc(C2=CCCC=N2)c[nH]1. The Hall–Kier alpha value is -1.64. The van der Waals surface area contributed by atoms with Crippen LogP contribution in [0.3, 0.4) is 0 Å². The molecule has 0 atom stereocenters. The van der Waals surface area contributed by atoms with Crippen LogP contribution in [0.2, 0.25) is 0 Å². The van der Waals surface area contributed by atoms with E-state index in [2.05, 4.69) is 16.1 Å². The average Bonchev–Trinajstić information content (AvgIpc) is 2.20. The smallest absolute Gasteiger partial charge is 0.247 e. The highest BCUT2D eigenvalue weighted by molar-refractivity contribution is 5.75. The van der Waals surface area contributed by atoms with Gasteiger partial charge in [0.15, 0.2) is 0 Å². The molecule has 2 rings (SSSR count). The lowest BCUT2D eigenvalue weighted by molar-refractivity contribution is 1.09. The van der Waals surface area contributed by atoms with Crippen LogP contribution in [0.4, 0.5) is 0 Å². The fourth-order valence-electron chi connectivity index (χ4n) is 1.27. The Balaban J connectivity index is 2.35. The van der Waals surface area contributed by atoms with Gasteiger partial charge in [-0.1, -0.05) is 6.08 Å². The van der Waals surface area contributed by atoms with Gasteiger partial charge in [-0.25, -0.2) is 0 Å². The lowest BCUT2D eigenvalue weighted by Crippen LogP contribution is -2.02. The van der Waals surface area contributed by atoms with Crippen molar-refractivity contribution in [2.24, 2.45) is 4.99 Å². The predicted octanol–water partition coefficient (Wildman–Crippen LogP) is 1.58. The molecule has 0 bridgehead atoms. The van der Waals surface area contributed by atoms with Crippen LogP contribution in [-0.2, 0) is 0 Å². The topological polar surface area (TPSA) is 45.2 Å². The summed E-state index contributed by atoms with van der Waals surface area (Å²) in [4.78, 5) is 17.7. The molecule has 1 aromatic heterocycles. The molecule has 0 aromatic carbocycles. The summed E-state index contributed by atoms with van der Waals surface area (Å²) in [5.41, 5.74) is 1.84. The summed E-state index contributed by atoms with van der Waals surface area (Å²) in [5.74, 6) is 0. The van der Waals surface area contributed by atoms with Crippen LogP contribution < -0.4 is 5.56 Å². The van der Waals surface area contributed by atoms with Crippen molar-refractivity contribution in [3.8, 4) is 0 Å². The van der Waals surface area contributed by atoms with Crippen LogP contribution in [0.15, 0.2) is 34.2 Å². The maximum Gasteiger partial charge on any atom is 0.247 e. The van der Waals surface area contributed by atoms with Crippen molar-refractivity contribution in [2.45, 2.75) is 12.8 Å². The molecule has 0 amide bonds. The van der Waals surface area contributed by atoms with E-state index in [1.165, 1.54) is 6.07 Å². The molecule has 1 N–H and O–H groups in total. The van der Waals surface area contributed by atoms with Gasteiger partial charge in [-0.15, -0.1) is 0 Å². The van der Waals surface area contributed by atoms with E-state index in [1.54, 1.807) is 12.3 Å². The highest BCUT2D eigenvalue weighted by Gasteiger charge is 2.01. The Morgan fingerprint density at radius 3 is 2.85 bits per heavy atom. The van der Waals surface area contributed by atoms with E-state index in [4.69, 9.17) is 0 Å². The van der Waals surface area contributed by atoms with Gasteiger partial charge < -0.3 is 4.98 Å². The van der Waals surface area contributed by atoms with E-state index in [0.717, 1.165) is 24.1 Å². The van der Waals surface area contributed by atoms with Gasteiger partial charge in [-0.2, -0.15) is 0 Å². The van der Waals surface area contributed by atoms with Crippen LogP contribution in [-0.4, -0.2) is 11.2 Å². The first-order valence-electron chi connectivity index (χ1n) is 4.28. The first-order valence-corrected chi connectivity index (χ1v) is 4.28. The number of hydrogen-bond donors (Lipinski definition) is 1. The number of H-pyrrole nitrogens is 1. The number of aliphatic imine (C=N–C) groups is 1. The minimum absolute atomic E-state index is 0.0795. The van der Waals surface area contributed by atoms with Crippen molar-refractivity contribution >= 4 is 11.9 Å². The quantitative estimate of drug-likeness (QED) is 0.690. The molecule has 1 aromatic rings. The summed E-state index contributed by atoms with van der Waals surface area (Å²) in [6.07, 6.45) is 7.70. The number of allylic oxidation sites excluding steroid dienone is 1. The molecule has 0 aliphatic carbocycles. The average molecular weight is 174 g/mol. The van der Waals surface area contributed by atoms with Gasteiger partial charge in [-0.3, -0.25) is 9.79 Å². The van der Waals surface area contributed by atoms with Gasteiger partial charge in [0.25, 0.3) is 0 Å². The van der Waals surface area contributed by atoms with Gasteiger partial charge in [-0.05, 0) is 18.9 Å². The fourth-order valence-corrected chi connectivity index (χ4v) is 1.27. The van der Waals surface area contributed by atoms with Crippen molar-refractivity contribution in [3.05, 3.63) is 40.3 Å². The minimum atomic E-state index is -0.0795. The second-order valence-corrected chi connectivity index (χ2v) is 2.92. The van der Waals surface area contributed by atoms with Crippen molar-refractivity contribution in [3.63, 3.8) is 0 Å². The molecule has 0 spiro atoms. The predicted molar refractivity (Wildman–Crippen MR) is 52.8 cm³/mol. The largest absolute Gasteiger partial charge is 0.328 e. The first kappa shape index (κ1) is 7.98. The van der Waals surface area contributed by atoms with Gasteiger partial charge in [0.05, 0.1) is 5.70 Å². The van der Waals surface area contributed by atoms with E-state index in [-0.39, 0.29) is 5.56 Å². The van der Waals surface area contributed by atoms with Crippen molar-refractivity contribution in [1.29, 1.82) is 0 Å². The third-order valence-electron chi connectivity index (χ3n) is 1.94. The summed E-state index contributed by atoms with van der Waals surface area (Å²) in [6.45, 7) is 0. The zero-order valence-corrected chi connectivity index (χ0v) is 7.16. The van der Waals surface area contributed by atoms with Crippen LogP contribution in [0.1, 0.15) is 18.4 Å². The molecule has 0 radical (unpaired) electrons. The molecule has 0 saturated heterocycles. The molecular weight excluding hydrogens is 164 g/mol. The molecule has 2 heterocycles. The number of rotatable bonds is 1. The Morgan fingerprint density at radius 2 is 2.23 bits per heavy atom. The Morgan fingerprint density at radius 1 is 1.31 bits per heavy atom. The van der Waals surface area contributed by atoms with Crippen molar-refractivity contribution < 1.29 is 0 Å². The maximum atomic E-state index is 10.8. The Kier molecular flexibility index (Phi) is 2.08. The maximum absolute atomic E-state index is 10.8. The highest BCUT2D eigenvalue weighted by Crippen LogP contribution is 2.17. The number of aromatic nitrogens is 1. The van der Waals surface area contributed by atoms with E-state index in [1.807, 2.05) is 6.21 Å². The number of hydrogen-bond acceptors (Lipinski definition) is 2. The van der Waals surface area contributed by atoms with Crippen LogP contribution in [0, 0.1) is 0 Å². The summed E-state index contributed by atoms with van der Waals surface area (Å²) in [5, 5.41) is 0. The molecule has 3 heteroatoms.